The standard InChI is InChI=1S/C21H24F3N7O3/c1-20(2,3)34-19(33)31-7-6-14(31)18(32)30-16-10-27-15(29-16)5-4-13(25)11-8-12(21(22,23)24)17(26)28-9-11/h4-5,8-10,14,25H,6-7H2,1-3H3,(H2,26,28)(H,27,29)(H,30,32). The highest BCUT2D eigenvalue weighted by molar-refractivity contribution is 6.08. The Balaban J connectivity index is 1.61. The number of nitrogens with two attached hydrogens (primary N) is 1. The summed E-state index contributed by atoms with van der Waals surface area (Å²) >= 11 is 0. The molecule has 1 aliphatic heterocycles. The average Bonchev–Trinajstić information content (AvgIpc) is 3.10. The molecule has 1 atom stereocenters. The van der Waals surface area contributed by atoms with Gasteiger partial charge in [0.2, 0.25) is 5.91 Å². The molecule has 0 bridgehead atoms. The molecular formula is C21H24F3N7O3. The Labute approximate surface area is 192 Å². The lowest BCUT2D eigenvalue weighted by Gasteiger charge is -2.39. The molecule has 0 spiro atoms. The number of nitrogens with zero attached hydrogens (tertiary/aromatic N) is 3. The average molecular weight is 479 g/mol. The largest absolute Gasteiger partial charge is 0.444 e. The summed E-state index contributed by atoms with van der Waals surface area (Å²) in [6.45, 7) is 5.61. The normalized spacial score (nSPS) is 16.3. The van der Waals surface area contributed by atoms with E-state index >= 15 is 0 Å². The maximum absolute atomic E-state index is 13.0. The summed E-state index contributed by atoms with van der Waals surface area (Å²) in [7, 11) is 0. The fraction of sp³-hybridized carbons (Fsp3) is 0.381. The topological polar surface area (TPSA) is 150 Å². The van der Waals surface area contributed by atoms with Crippen molar-refractivity contribution in [1.82, 2.24) is 19.9 Å². The molecule has 2 aromatic heterocycles. The number of carbonyl (C=O) groups is 2. The van der Waals surface area contributed by atoms with Gasteiger partial charge in [-0.3, -0.25) is 9.69 Å². The van der Waals surface area contributed by atoms with Crippen molar-refractivity contribution in [2.24, 2.45) is 0 Å². The molecule has 0 aromatic carbocycles. The Hall–Kier alpha value is -3.90. The quantitative estimate of drug-likeness (QED) is 0.483. The van der Waals surface area contributed by atoms with Crippen molar-refractivity contribution >= 4 is 35.4 Å². The molecule has 1 unspecified atom stereocenters. The third-order valence-corrected chi connectivity index (χ3v) is 4.75. The molecule has 13 heteroatoms. The van der Waals surface area contributed by atoms with Crippen LogP contribution in [-0.4, -0.2) is 55.8 Å². The number of H-pyrrole nitrogens is 1. The smallest absolute Gasteiger partial charge is 0.419 e. The lowest BCUT2D eigenvalue weighted by atomic mass is 10.0. The van der Waals surface area contributed by atoms with Crippen molar-refractivity contribution in [3.63, 3.8) is 0 Å². The lowest BCUT2D eigenvalue weighted by molar-refractivity contribution is -0.137. The molecule has 0 saturated carbocycles. The van der Waals surface area contributed by atoms with Crippen LogP contribution in [0.25, 0.3) is 6.08 Å². The zero-order valence-electron chi connectivity index (χ0n) is 18.7. The first-order valence-electron chi connectivity index (χ1n) is 10.2. The van der Waals surface area contributed by atoms with Gasteiger partial charge in [0.25, 0.3) is 0 Å². The Bertz CT molecular complexity index is 1140. The van der Waals surface area contributed by atoms with Gasteiger partial charge in [-0.25, -0.2) is 14.8 Å². The van der Waals surface area contributed by atoms with E-state index in [4.69, 9.17) is 15.9 Å². The first-order valence-corrected chi connectivity index (χ1v) is 10.2. The van der Waals surface area contributed by atoms with Crippen LogP contribution in [0.1, 0.15) is 44.1 Å². The van der Waals surface area contributed by atoms with Gasteiger partial charge in [-0.15, -0.1) is 0 Å². The fourth-order valence-electron chi connectivity index (χ4n) is 3.01. The summed E-state index contributed by atoms with van der Waals surface area (Å²) in [5.74, 6) is -0.592. The molecular weight excluding hydrogens is 455 g/mol. The van der Waals surface area contributed by atoms with Crippen molar-refractivity contribution in [2.75, 3.05) is 17.6 Å². The molecule has 2 amide bonds. The number of imidazole rings is 1. The minimum absolute atomic E-state index is 0.0786. The number of halogens is 3. The highest BCUT2D eigenvalue weighted by Gasteiger charge is 2.40. The van der Waals surface area contributed by atoms with E-state index in [1.165, 1.54) is 23.2 Å². The number of ether oxygens (including phenoxy) is 1. The molecule has 10 nitrogen and oxygen atoms in total. The number of nitrogens with one attached hydrogen (secondary N) is 3. The van der Waals surface area contributed by atoms with Gasteiger partial charge in [-0.1, -0.05) is 0 Å². The highest BCUT2D eigenvalue weighted by atomic mass is 19.4. The van der Waals surface area contributed by atoms with Crippen molar-refractivity contribution in [2.45, 2.75) is 45.0 Å². The number of aromatic amines is 1. The summed E-state index contributed by atoms with van der Waals surface area (Å²) in [6, 6.07) is 0.0730. The predicted octanol–water partition coefficient (Wildman–Crippen LogP) is 3.43. The molecule has 1 aliphatic rings. The molecule has 0 aliphatic carbocycles. The molecule has 182 valence electrons. The number of hydrogen-bond acceptors (Lipinski definition) is 7. The number of allylic oxidation sites excluding steroid dienone is 1. The first kappa shape index (κ1) is 24.7. The maximum Gasteiger partial charge on any atom is 0.419 e. The molecule has 1 saturated heterocycles. The van der Waals surface area contributed by atoms with Crippen LogP contribution in [0, 0.1) is 5.41 Å². The van der Waals surface area contributed by atoms with Crippen LogP contribution >= 0.6 is 0 Å². The van der Waals surface area contributed by atoms with E-state index in [2.05, 4.69) is 20.3 Å². The van der Waals surface area contributed by atoms with Gasteiger partial charge >= 0.3 is 12.3 Å². The second kappa shape index (κ2) is 9.15. The van der Waals surface area contributed by atoms with E-state index in [0.717, 1.165) is 12.3 Å². The van der Waals surface area contributed by atoms with E-state index in [1.807, 2.05) is 0 Å². The monoisotopic (exact) mass is 479 g/mol. The number of hydrogen-bond donors (Lipinski definition) is 4. The number of amides is 2. The van der Waals surface area contributed by atoms with E-state index in [-0.39, 0.29) is 22.9 Å². The van der Waals surface area contributed by atoms with E-state index < -0.39 is 41.2 Å². The van der Waals surface area contributed by atoms with Gasteiger partial charge in [0.1, 0.15) is 29.1 Å². The Morgan fingerprint density at radius 2 is 2.00 bits per heavy atom. The molecule has 5 N–H and O–H groups in total. The number of likely N-dealkylation sites (tertiary alicyclic amines) is 1. The number of nitrogen functional groups attached to an aromatic ring is 1. The first-order chi connectivity index (χ1) is 15.7. The van der Waals surface area contributed by atoms with Crippen LogP contribution in [0.2, 0.25) is 0 Å². The van der Waals surface area contributed by atoms with Crippen LogP contribution in [0.3, 0.4) is 0 Å². The summed E-state index contributed by atoms with van der Waals surface area (Å²) in [6.07, 6.45) is 0.219. The Morgan fingerprint density at radius 1 is 1.29 bits per heavy atom. The second-order valence-corrected chi connectivity index (χ2v) is 8.55. The van der Waals surface area contributed by atoms with Crippen LogP contribution in [0.4, 0.5) is 29.6 Å². The Kier molecular flexibility index (Phi) is 6.66. The number of aromatic nitrogens is 3. The van der Waals surface area contributed by atoms with Gasteiger partial charge in [0, 0.05) is 18.3 Å². The summed E-state index contributed by atoms with van der Waals surface area (Å²) in [5, 5.41) is 10.6. The van der Waals surface area contributed by atoms with Crippen molar-refractivity contribution in [3.05, 3.63) is 41.5 Å². The van der Waals surface area contributed by atoms with Crippen LogP contribution < -0.4 is 11.1 Å². The lowest BCUT2D eigenvalue weighted by Crippen LogP contribution is -2.57. The van der Waals surface area contributed by atoms with Gasteiger partial charge in [-0.2, -0.15) is 13.2 Å². The number of rotatable bonds is 5. The van der Waals surface area contributed by atoms with Gasteiger partial charge in [0.05, 0.1) is 17.5 Å². The van der Waals surface area contributed by atoms with E-state index in [0.29, 0.717) is 13.0 Å². The maximum atomic E-state index is 13.0. The minimum atomic E-state index is -4.69. The molecule has 1 fully saturated rings. The second-order valence-electron chi connectivity index (χ2n) is 8.55. The molecule has 0 radical (unpaired) electrons. The number of anilines is 2. The van der Waals surface area contributed by atoms with E-state index in [1.54, 1.807) is 20.8 Å². The predicted molar refractivity (Wildman–Crippen MR) is 118 cm³/mol. The van der Waals surface area contributed by atoms with Crippen molar-refractivity contribution in [3.8, 4) is 0 Å². The SMILES string of the molecule is CC(C)(C)OC(=O)N1CCC1C(=O)Nc1cnc(C=CC(=N)c2cnc(N)c(C(F)(F)F)c2)[nH]1. The van der Waals surface area contributed by atoms with Crippen LogP contribution in [0.15, 0.2) is 24.5 Å². The van der Waals surface area contributed by atoms with Crippen LogP contribution in [-0.2, 0) is 15.7 Å². The van der Waals surface area contributed by atoms with Gasteiger partial charge in [-0.05, 0) is 45.4 Å². The summed E-state index contributed by atoms with van der Waals surface area (Å²) in [4.78, 5) is 36.4. The third-order valence-electron chi connectivity index (χ3n) is 4.75. The number of carbonyl (C=O) groups excluding carboxylic acids is 2. The fourth-order valence-corrected chi connectivity index (χ4v) is 3.01. The third kappa shape index (κ3) is 5.91. The molecule has 3 heterocycles. The molecule has 3 rings (SSSR count). The van der Waals surface area contributed by atoms with Gasteiger partial charge in [0.15, 0.2) is 0 Å². The zero-order valence-corrected chi connectivity index (χ0v) is 18.7. The zero-order chi connectivity index (χ0) is 25.3. The van der Waals surface area contributed by atoms with E-state index in [9.17, 15) is 22.8 Å². The summed E-state index contributed by atoms with van der Waals surface area (Å²) in [5.41, 5.74) is 3.15. The summed E-state index contributed by atoms with van der Waals surface area (Å²) < 4.78 is 44.3. The molecule has 2 aromatic rings. The van der Waals surface area contributed by atoms with Crippen molar-refractivity contribution in [1.29, 1.82) is 5.41 Å². The number of alkyl halides is 3. The van der Waals surface area contributed by atoms with Crippen LogP contribution in [0.5, 0.6) is 0 Å². The van der Waals surface area contributed by atoms with Crippen molar-refractivity contribution < 1.29 is 27.5 Å². The minimum Gasteiger partial charge on any atom is -0.444 e. The Morgan fingerprint density at radius 3 is 2.59 bits per heavy atom. The molecule has 34 heavy (non-hydrogen) atoms. The highest BCUT2D eigenvalue weighted by Crippen LogP contribution is 2.33. The number of pyridine rings is 1. The van der Waals surface area contributed by atoms with Gasteiger partial charge < -0.3 is 26.2 Å².